The van der Waals surface area contributed by atoms with E-state index in [1.807, 2.05) is 17.8 Å². The van der Waals surface area contributed by atoms with Crippen LogP contribution in [0.5, 0.6) is 5.75 Å². The first kappa shape index (κ1) is 12.6. The summed E-state index contributed by atoms with van der Waals surface area (Å²) in [5.74, 6) is 0.893. The third-order valence-electron chi connectivity index (χ3n) is 3.39. The van der Waals surface area contributed by atoms with Gasteiger partial charge >= 0.3 is 0 Å². The first-order valence-electron chi connectivity index (χ1n) is 5.85. The second kappa shape index (κ2) is 5.19. The molecule has 0 bridgehead atoms. The molecule has 0 radical (unpaired) electrons. The predicted molar refractivity (Wildman–Crippen MR) is 72.2 cm³/mol. The summed E-state index contributed by atoms with van der Waals surface area (Å²) in [5, 5.41) is 9.55. The first-order valence-corrected chi connectivity index (χ1v) is 6.73. The SMILES string of the molecule is COc1ccc2c(c1)N(C)C(C)C(CCO)S2. The Bertz CT molecular complexity index is 397. The van der Waals surface area contributed by atoms with Crippen molar-refractivity contribution in [3.8, 4) is 5.75 Å². The van der Waals surface area contributed by atoms with Gasteiger partial charge in [-0.2, -0.15) is 0 Å². The molecule has 2 rings (SSSR count). The summed E-state index contributed by atoms with van der Waals surface area (Å²) >= 11 is 1.86. The Kier molecular flexibility index (Phi) is 3.84. The topological polar surface area (TPSA) is 32.7 Å². The van der Waals surface area contributed by atoms with Gasteiger partial charge in [0.2, 0.25) is 0 Å². The Morgan fingerprint density at radius 1 is 1.47 bits per heavy atom. The van der Waals surface area contributed by atoms with Crippen molar-refractivity contribution in [3.05, 3.63) is 18.2 Å². The van der Waals surface area contributed by atoms with Crippen LogP contribution in [-0.2, 0) is 0 Å². The molecule has 3 nitrogen and oxygen atoms in total. The summed E-state index contributed by atoms with van der Waals surface area (Å²) in [6.07, 6.45) is 0.835. The van der Waals surface area contributed by atoms with Gasteiger partial charge in [-0.25, -0.2) is 0 Å². The highest BCUT2D eigenvalue weighted by Gasteiger charge is 2.29. The summed E-state index contributed by atoms with van der Waals surface area (Å²) in [6.45, 7) is 2.46. The zero-order valence-corrected chi connectivity index (χ0v) is 11.3. The van der Waals surface area contributed by atoms with Crippen LogP contribution in [0.15, 0.2) is 23.1 Å². The van der Waals surface area contributed by atoms with Gasteiger partial charge in [-0.15, -0.1) is 11.8 Å². The molecule has 0 aliphatic carbocycles. The van der Waals surface area contributed by atoms with Gasteiger partial charge in [0.25, 0.3) is 0 Å². The number of ether oxygens (including phenoxy) is 1. The zero-order valence-electron chi connectivity index (χ0n) is 10.5. The van der Waals surface area contributed by atoms with Crippen LogP contribution in [0.4, 0.5) is 5.69 Å². The molecule has 0 spiro atoms. The molecule has 0 saturated heterocycles. The van der Waals surface area contributed by atoms with Crippen LogP contribution in [0.25, 0.3) is 0 Å². The standard InChI is InChI=1S/C13H19NO2S/c1-9-12(6-7-15)17-13-5-4-10(16-3)8-11(13)14(9)2/h4-5,8-9,12,15H,6-7H2,1-3H3. The van der Waals surface area contributed by atoms with Crippen molar-refractivity contribution in [2.75, 3.05) is 25.7 Å². The van der Waals surface area contributed by atoms with E-state index in [4.69, 9.17) is 9.84 Å². The maximum Gasteiger partial charge on any atom is 0.121 e. The molecule has 1 aromatic rings. The van der Waals surface area contributed by atoms with E-state index < -0.39 is 0 Å². The molecule has 1 aliphatic rings. The number of hydrogen-bond acceptors (Lipinski definition) is 4. The van der Waals surface area contributed by atoms with Gasteiger partial charge in [-0.05, 0) is 25.5 Å². The van der Waals surface area contributed by atoms with Crippen LogP contribution in [0, 0.1) is 0 Å². The van der Waals surface area contributed by atoms with Gasteiger partial charge in [0.15, 0.2) is 0 Å². The summed E-state index contributed by atoms with van der Waals surface area (Å²) in [6, 6.07) is 6.59. The molecule has 0 saturated carbocycles. The minimum atomic E-state index is 0.251. The van der Waals surface area contributed by atoms with Crippen molar-refractivity contribution >= 4 is 17.4 Å². The van der Waals surface area contributed by atoms with E-state index in [0.717, 1.165) is 12.2 Å². The summed E-state index contributed by atoms with van der Waals surface area (Å²) in [5.41, 5.74) is 1.22. The van der Waals surface area contributed by atoms with E-state index in [1.165, 1.54) is 10.6 Å². The van der Waals surface area contributed by atoms with E-state index in [1.54, 1.807) is 7.11 Å². The quantitative estimate of drug-likeness (QED) is 0.896. The van der Waals surface area contributed by atoms with Crippen LogP contribution < -0.4 is 9.64 Å². The van der Waals surface area contributed by atoms with Crippen molar-refractivity contribution in [3.63, 3.8) is 0 Å². The van der Waals surface area contributed by atoms with Crippen molar-refractivity contribution in [2.24, 2.45) is 0 Å². The van der Waals surface area contributed by atoms with Gasteiger partial charge in [0, 0.05) is 35.9 Å². The monoisotopic (exact) mass is 253 g/mol. The third kappa shape index (κ3) is 2.38. The number of anilines is 1. The lowest BCUT2D eigenvalue weighted by Crippen LogP contribution is -2.40. The maximum absolute atomic E-state index is 9.10. The first-order chi connectivity index (χ1) is 8.17. The van der Waals surface area contributed by atoms with Crippen molar-refractivity contribution in [1.82, 2.24) is 0 Å². The number of methoxy groups -OCH3 is 1. The van der Waals surface area contributed by atoms with E-state index >= 15 is 0 Å². The van der Waals surface area contributed by atoms with Gasteiger partial charge in [-0.3, -0.25) is 0 Å². The second-order valence-corrected chi connectivity index (χ2v) is 5.63. The fraction of sp³-hybridized carbons (Fsp3) is 0.538. The Hall–Kier alpha value is -0.870. The maximum atomic E-state index is 9.10. The molecular weight excluding hydrogens is 234 g/mol. The second-order valence-electron chi connectivity index (χ2n) is 4.35. The fourth-order valence-corrected chi connectivity index (χ4v) is 3.56. The number of nitrogens with zero attached hydrogens (tertiary/aromatic N) is 1. The summed E-state index contributed by atoms with van der Waals surface area (Å²) in [4.78, 5) is 3.54. The Balaban J connectivity index is 2.31. The number of benzene rings is 1. The normalized spacial score (nSPS) is 23.4. The van der Waals surface area contributed by atoms with Crippen LogP contribution >= 0.6 is 11.8 Å². The van der Waals surface area contributed by atoms with Gasteiger partial charge in [0.05, 0.1) is 12.8 Å². The van der Waals surface area contributed by atoms with E-state index in [-0.39, 0.29) is 6.61 Å². The number of hydrogen-bond donors (Lipinski definition) is 1. The predicted octanol–water partition coefficient (Wildman–Crippen LogP) is 2.38. The molecule has 2 atom stereocenters. The van der Waals surface area contributed by atoms with Gasteiger partial charge in [-0.1, -0.05) is 0 Å². The molecule has 1 N–H and O–H groups in total. The number of aliphatic hydroxyl groups is 1. The van der Waals surface area contributed by atoms with E-state index in [2.05, 4.69) is 31.0 Å². The van der Waals surface area contributed by atoms with Gasteiger partial charge < -0.3 is 14.7 Å². The van der Waals surface area contributed by atoms with E-state index in [0.29, 0.717) is 11.3 Å². The smallest absolute Gasteiger partial charge is 0.121 e. The molecular formula is C13H19NO2S. The zero-order chi connectivity index (χ0) is 12.4. The fourth-order valence-electron chi connectivity index (χ4n) is 2.16. The van der Waals surface area contributed by atoms with Crippen molar-refractivity contribution in [2.45, 2.75) is 29.5 Å². The highest BCUT2D eigenvalue weighted by atomic mass is 32.2. The lowest BCUT2D eigenvalue weighted by molar-refractivity contribution is 0.282. The van der Waals surface area contributed by atoms with Crippen molar-refractivity contribution in [1.29, 1.82) is 0 Å². The minimum absolute atomic E-state index is 0.251. The lowest BCUT2D eigenvalue weighted by atomic mass is 10.1. The van der Waals surface area contributed by atoms with Crippen LogP contribution in [0.1, 0.15) is 13.3 Å². The molecule has 1 aromatic carbocycles. The molecule has 2 unspecified atom stereocenters. The minimum Gasteiger partial charge on any atom is -0.497 e. The van der Waals surface area contributed by atoms with E-state index in [9.17, 15) is 0 Å². The molecule has 0 aromatic heterocycles. The number of rotatable bonds is 3. The van der Waals surface area contributed by atoms with Gasteiger partial charge in [0.1, 0.15) is 5.75 Å². The van der Waals surface area contributed by atoms with Crippen molar-refractivity contribution < 1.29 is 9.84 Å². The average molecular weight is 253 g/mol. The lowest BCUT2D eigenvalue weighted by Gasteiger charge is -2.39. The molecule has 17 heavy (non-hydrogen) atoms. The Labute approximate surface area is 107 Å². The Morgan fingerprint density at radius 3 is 2.88 bits per heavy atom. The van der Waals surface area contributed by atoms with Crippen LogP contribution in [0.3, 0.4) is 0 Å². The van der Waals surface area contributed by atoms with Crippen LogP contribution in [0.2, 0.25) is 0 Å². The highest BCUT2D eigenvalue weighted by Crippen LogP contribution is 2.43. The largest absolute Gasteiger partial charge is 0.497 e. The molecule has 0 amide bonds. The summed E-state index contributed by atoms with van der Waals surface area (Å²) < 4.78 is 5.26. The number of thioether (sulfide) groups is 1. The molecule has 1 heterocycles. The molecule has 94 valence electrons. The molecule has 1 aliphatic heterocycles. The average Bonchev–Trinajstić information content (AvgIpc) is 2.35. The Morgan fingerprint density at radius 2 is 2.24 bits per heavy atom. The number of aliphatic hydroxyl groups excluding tert-OH is 1. The number of fused-ring (bicyclic) bond motifs is 1. The molecule has 0 fully saturated rings. The third-order valence-corrected chi connectivity index (χ3v) is 4.92. The van der Waals surface area contributed by atoms with Crippen LogP contribution in [-0.4, -0.2) is 37.2 Å². The highest BCUT2D eigenvalue weighted by molar-refractivity contribution is 8.00. The molecule has 4 heteroatoms. The summed E-state index contributed by atoms with van der Waals surface area (Å²) in [7, 11) is 3.79.